The van der Waals surface area contributed by atoms with Crippen LogP contribution in [0.1, 0.15) is 10.5 Å². The molecule has 0 aliphatic heterocycles. The number of hydrogen-bond donors (Lipinski definition) is 1. The summed E-state index contributed by atoms with van der Waals surface area (Å²) in [6.07, 6.45) is 0. The molecule has 1 N–H and O–H groups in total. The number of carboxylic acids is 1. The van der Waals surface area contributed by atoms with E-state index in [0.29, 0.717) is 11.3 Å². The third-order valence-corrected chi connectivity index (χ3v) is 2.93. The van der Waals surface area contributed by atoms with Gasteiger partial charge in [-0.1, -0.05) is 23.2 Å². The zero-order valence-corrected chi connectivity index (χ0v) is 10.6. The van der Waals surface area contributed by atoms with Crippen molar-refractivity contribution in [1.82, 2.24) is 9.78 Å². The Hall–Kier alpha value is -1.59. The molecule has 0 saturated carbocycles. The van der Waals surface area contributed by atoms with E-state index in [1.807, 2.05) is 0 Å². The fourth-order valence-electron chi connectivity index (χ4n) is 1.55. The number of aromatic nitrogens is 2. The van der Waals surface area contributed by atoms with Gasteiger partial charge < -0.3 is 5.11 Å². The number of halogens is 3. The molecule has 0 spiro atoms. The Morgan fingerprint density at radius 1 is 1.33 bits per heavy atom. The van der Waals surface area contributed by atoms with E-state index >= 15 is 0 Å². The van der Waals surface area contributed by atoms with Crippen molar-refractivity contribution in [2.24, 2.45) is 7.05 Å². The molecule has 2 aromatic rings. The molecule has 4 nitrogen and oxygen atoms in total. The third-order valence-electron chi connectivity index (χ3n) is 2.38. The molecule has 1 aromatic carbocycles. The predicted octanol–water partition coefficient (Wildman–Crippen LogP) is 3.23. The van der Waals surface area contributed by atoms with Crippen molar-refractivity contribution in [2.75, 3.05) is 0 Å². The van der Waals surface area contributed by atoms with Gasteiger partial charge in [-0.2, -0.15) is 5.10 Å². The highest BCUT2D eigenvalue weighted by Gasteiger charge is 2.15. The van der Waals surface area contributed by atoms with Crippen LogP contribution in [-0.2, 0) is 7.05 Å². The zero-order valence-electron chi connectivity index (χ0n) is 9.12. The molecule has 0 saturated heterocycles. The van der Waals surface area contributed by atoms with Gasteiger partial charge in [0.05, 0.1) is 15.7 Å². The van der Waals surface area contributed by atoms with Gasteiger partial charge in [0.1, 0.15) is 0 Å². The second kappa shape index (κ2) is 4.59. The van der Waals surface area contributed by atoms with Crippen LogP contribution in [0, 0.1) is 5.82 Å². The van der Waals surface area contributed by atoms with Gasteiger partial charge >= 0.3 is 5.97 Å². The second-order valence-corrected chi connectivity index (χ2v) is 4.41. The van der Waals surface area contributed by atoms with Crippen molar-refractivity contribution in [3.05, 3.63) is 39.8 Å². The summed E-state index contributed by atoms with van der Waals surface area (Å²) in [5, 5.41) is 12.4. The number of aromatic carboxylic acids is 1. The van der Waals surface area contributed by atoms with E-state index in [4.69, 9.17) is 28.3 Å². The Labute approximate surface area is 112 Å². The standard InChI is InChI=1S/C11H7Cl2FN2O2/c1-16-9(4-8(15-16)11(17)18)5-2-6(12)10(14)7(13)3-5/h2-4H,1H3,(H,17,18). The molecular formula is C11H7Cl2FN2O2. The maximum absolute atomic E-state index is 13.3. The molecule has 0 atom stereocenters. The first-order valence-corrected chi connectivity index (χ1v) is 5.58. The lowest BCUT2D eigenvalue weighted by molar-refractivity contribution is 0.0689. The monoisotopic (exact) mass is 288 g/mol. The van der Waals surface area contributed by atoms with Crippen LogP contribution in [0.3, 0.4) is 0 Å². The SMILES string of the molecule is Cn1nc(C(=O)O)cc1-c1cc(Cl)c(F)c(Cl)c1. The second-order valence-electron chi connectivity index (χ2n) is 3.60. The molecule has 2 rings (SSSR count). The van der Waals surface area contributed by atoms with Crippen molar-refractivity contribution >= 4 is 29.2 Å². The summed E-state index contributed by atoms with van der Waals surface area (Å²) in [5.74, 6) is -1.85. The zero-order chi connectivity index (χ0) is 13.4. The molecule has 0 aliphatic rings. The summed E-state index contributed by atoms with van der Waals surface area (Å²) < 4.78 is 14.6. The van der Waals surface area contributed by atoms with Crippen LogP contribution < -0.4 is 0 Å². The van der Waals surface area contributed by atoms with Gasteiger partial charge in [0.25, 0.3) is 0 Å². The highest BCUT2D eigenvalue weighted by Crippen LogP contribution is 2.30. The van der Waals surface area contributed by atoms with Gasteiger partial charge in [-0.05, 0) is 18.2 Å². The fraction of sp³-hybridized carbons (Fsp3) is 0.0909. The van der Waals surface area contributed by atoms with Gasteiger partial charge in [0.2, 0.25) is 0 Å². The first-order valence-electron chi connectivity index (χ1n) is 4.82. The molecule has 1 aromatic heterocycles. The fourth-order valence-corrected chi connectivity index (χ4v) is 2.03. The quantitative estimate of drug-likeness (QED) is 0.863. The molecule has 0 bridgehead atoms. The summed E-state index contributed by atoms with van der Waals surface area (Å²) in [6.45, 7) is 0. The van der Waals surface area contributed by atoms with Crippen LogP contribution >= 0.6 is 23.2 Å². The Morgan fingerprint density at radius 2 is 1.89 bits per heavy atom. The molecule has 18 heavy (non-hydrogen) atoms. The molecular weight excluding hydrogens is 282 g/mol. The maximum Gasteiger partial charge on any atom is 0.356 e. The molecule has 94 valence electrons. The Morgan fingerprint density at radius 3 is 2.33 bits per heavy atom. The number of rotatable bonds is 2. The maximum atomic E-state index is 13.3. The topological polar surface area (TPSA) is 55.1 Å². The van der Waals surface area contributed by atoms with Crippen LogP contribution in [0.5, 0.6) is 0 Å². The van der Waals surface area contributed by atoms with E-state index in [1.165, 1.54) is 22.9 Å². The number of benzene rings is 1. The van der Waals surface area contributed by atoms with Crippen molar-refractivity contribution < 1.29 is 14.3 Å². The number of aryl methyl sites for hydroxylation is 1. The first kappa shape index (κ1) is 12.9. The summed E-state index contributed by atoms with van der Waals surface area (Å²) >= 11 is 11.4. The van der Waals surface area contributed by atoms with Crippen LogP contribution in [0.4, 0.5) is 4.39 Å². The minimum Gasteiger partial charge on any atom is -0.476 e. The van der Waals surface area contributed by atoms with E-state index in [0.717, 1.165) is 0 Å². The summed E-state index contributed by atoms with van der Waals surface area (Å²) in [6, 6.07) is 4.10. The molecule has 0 fully saturated rings. The van der Waals surface area contributed by atoms with Crippen LogP contribution in [0.2, 0.25) is 10.0 Å². The van der Waals surface area contributed by atoms with E-state index < -0.39 is 11.8 Å². The number of carboxylic acid groups (broad SMARTS) is 1. The minimum absolute atomic E-state index is 0.107. The van der Waals surface area contributed by atoms with E-state index in [2.05, 4.69) is 5.10 Å². The van der Waals surface area contributed by atoms with Crippen molar-refractivity contribution in [3.8, 4) is 11.3 Å². The van der Waals surface area contributed by atoms with Crippen molar-refractivity contribution in [2.45, 2.75) is 0 Å². The van der Waals surface area contributed by atoms with Gasteiger partial charge in [-0.15, -0.1) is 0 Å². The van der Waals surface area contributed by atoms with E-state index in [1.54, 1.807) is 7.05 Å². The lowest BCUT2D eigenvalue weighted by Gasteiger charge is -2.04. The van der Waals surface area contributed by atoms with Gasteiger partial charge in [-0.3, -0.25) is 4.68 Å². The molecule has 1 heterocycles. The van der Waals surface area contributed by atoms with Crippen LogP contribution in [0.25, 0.3) is 11.3 Å². The van der Waals surface area contributed by atoms with Gasteiger partial charge in [-0.25, -0.2) is 9.18 Å². The van der Waals surface area contributed by atoms with Gasteiger partial charge in [0, 0.05) is 12.6 Å². The Bertz CT molecular complexity index is 617. The summed E-state index contributed by atoms with van der Waals surface area (Å²) in [4.78, 5) is 10.8. The average Bonchev–Trinajstić information content (AvgIpc) is 2.68. The molecule has 0 amide bonds. The Balaban J connectivity index is 2.58. The van der Waals surface area contributed by atoms with Crippen LogP contribution in [-0.4, -0.2) is 20.9 Å². The van der Waals surface area contributed by atoms with Crippen LogP contribution in [0.15, 0.2) is 18.2 Å². The largest absolute Gasteiger partial charge is 0.476 e. The molecule has 0 unspecified atom stereocenters. The number of hydrogen-bond acceptors (Lipinski definition) is 2. The highest BCUT2D eigenvalue weighted by atomic mass is 35.5. The minimum atomic E-state index is -1.14. The lowest BCUT2D eigenvalue weighted by Crippen LogP contribution is -1.99. The smallest absolute Gasteiger partial charge is 0.356 e. The van der Waals surface area contributed by atoms with Crippen molar-refractivity contribution in [3.63, 3.8) is 0 Å². The predicted molar refractivity (Wildman–Crippen MR) is 65.6 cm³/mol. The van der Waals surface area contributed by atoms with E-state index in [-0.39, 0.29) is 15.7 Å². The average molecular weight is 289 g/mol. The molecule has 7 heteroatoms. The number of nitrogens with zero attached hydrogens (tertiary/aromatic N) is 2. The number of carbonyl (C=O) groups is 1. The lowest BCUT2D eigenvalue weighted by atomic mass is 10.1. The normalized spacial score (nSPS) is 10.7. The van der Waals surface area contributed by atoms with Crippen molar-refractivity contribution in [1.29, 1.82) is 0 Å². The summed E-state index contributed by atoms with van der Waals surface area (Å²) in [5.41, 5.74) is 0.870. The summed E-state index contributed by atoms with van der Waals surface area (Å²) in [7, 11) is 1.58. The highest BCUT2D eigenvalue weighted by molar-refractivity contribution is 6.35. The first-order chi connectivity index (χ1) is 8.40. The molecule has 0 radical (unpaired) electrons. The van der Waals surface area contributed by atoms with E-state index in [9.17, 15) is 9.18 Å². The third kappa shape index (κ3) is 2.19. The molecule has 0 aliphatic carbocycles. The van der Waals surface area contributed by atoms with Gasteiger partial charge in [0.15, 0.2) is 11.5 Å². The Kier molecular flexibility index (Phi) is 3.28.